The Hall–Kier alpha value is -1.06. The van der Waals surface area contributed by atoms with E-state index in [-0.39, 0.29) is 5.91 Å². The average Bonchev–Trinajstić information content (AvgIpc) is 2.62. The second kappa shape index (κ2) is 4.85. The summed E-state index contributed by atoms with van der Waals surface area (Å²) in [5.41, 5.74) is -0.745. The maximum Gasteiger partial charge on any atom is 0.311 e. The molecule has 0 saturated carbocycles. The van der Waals surface area contributed by atoms with E-state index in [4.69, 9.17) is 5.11 Å². The van der Waals surface area contributed by atoms with Crippen molar-refractivity contribution in [2.24, 2.45) is 11.3 Å². The lowest BCUT2D eigenvalue weighted by atomic mass is 9.90. The molecule has 2 atom stereocenters. The number of hydrogen-bond acceptors (Lipinski definition) is 2. The van der Waals surface area contributed by atoms with Crippen molar-refractivity contribution in [1.29, 1.82) is 0 Å². The lowest BCUT2D eigenvalue weighted by molar-refractivity contribution is -0.147. The van der Waals surface area contributed by atoms with Crippen molar-refractivity contribution in [3.05, 3.63) is 0 Å². The molecule has 0 radical (unpaired) electrons. The molecule has 0 aromatic carbocycles. The summed E-state index contributed by atoms with van der Waals surface area (Å²) in [5, 5.41) is 9.06. The minimum absolute atomic E-state index is 0.0966. The molecule has 1 aliphatic heterocycles. The standard InChI is InChI=1S/C12H21NO3/c1-4-9(2)7-10(14)13-6-5-12(3,8-13)11(15)16/h9H,4-8H2,1-3H3,(H,15,16). The van der Waals surface area contributed by atoms with Gasteiger partial charge in [-0.2, -0.15) is 0 Å². The molecule has 1 rings (SSSR count). The molecule has 2 unspecified atom stereocenters. The van der Waals surface area contributed by atoms with Crippen molar-refractivity contribution < 1.29 is 14.7 Å². The maximum absolute atomic E-state index is 11.9. The topological polar surface area (TPSA) is 57.6 Å². The summed E-state index contributed by atoms with van der Waals surface area (Å²) in [6.07, 6.45) is 2.08. The Balaban J connectivity index is 2.53. The van der Waals surface area contributed by atoms with E-state index in [0.29, 0.717) is 31.8 Å². The lowest BCUT2D eigenvalue weighted by Crippen LogP contribution is -2.35. The third kappa shape index (κ3) is 2.74. The molecule has 92 valence electrons. The average molecular weight is 227 g/mol. The van der Waals surface area contributed by atoms with Crippen molar-refractivity contribution in [2.75, 3.05) is 13.1 Å². The van der Waals surface area contributed by atoms with Crippen LogP contribution in [0.2, 0.25) is 0 Å². The number of likely N-dealkylation sites (tertiary alicyclic amines) is 1. The highest BCUT2D eigenvalue weighted by Gasteiger charge is 2.41. The molecule has 4 nitrogen and oxygen atoms in total. The summed E-state index contributed by atoms with van der Waals surface area (Å²) >= 11 is 0. The third-order valence-corrected chi connectivity index (χ3v) is 3.56. The summed E-state index contributed by atoms with van der Waals surface area (Å²) in [6, 6.07) is 0. The van der Waals surface area contributed by atoms with Gasteiger partial charge >= 0.3 is 5.97 Å². The first kappa shape index (κ1) is 13.0. The SMILES string of the molecule is CCC(C)CC(=O)N1CCC(C)(C(=O)O)C1. The van der Waals surface area contributed by atoms with Gasteiger partial charge in [-0.25, -0.2) is 0 Å². The Morgan fingerprint density at radius 2 is 2.12 bits per heavy atom. The Morgan fingerprint density at radius 1 is 1.50 bits per heavy atom. The van der Waals surface area contributed by atoms with E-state index in [1.54, 1.807) is 11.8 Å². The highest BCUT2D eigenvalue weighted by atomic mass is 16.4. The summed E-state index contributed by atoms with van der Waals surface area (Å²) in [5.74, 6) is -0.324. The van der Waals surface area contributed by atoms with Gasteiger partial charge in [-0.15, -0.1) is 0 Å². The van der Waals surface area contributed by atoms with Crippen LogP contribution in [0.3, 0.4) is 0 Å². The van der Waals surface area contributed by atoms with Gasteiger partial charge in [0.15, 0.2) is 0 Å². The zero-order valence-electron chi connectivity index (χ0n) is 10.3. The Bertz CT molecular complexity index is 290. The predicted molar refractivity (Wildman–Crippen MR) is 61.0 cm³/mol. The summed E-state index contributed by atoms with van der Waals surface area (Å²) in [7, 11) is 0. The number of amides is 1. The Labute approximate surface area is 96.6 Å². The number of carbonyl (C=O) groups is 2. The Kier molecular flexibility index (Phi) is 3.94. The van der Waals surface area contributed by atoms with Crippen molar-refractivity contribution in [3.63, 3.8) is 0 Å². The molecule has 0 aromatic rings. The fourth-order valence-corrected chi connectivity index (χ4v) is 1.92. The van der Waals surface area contributed by atoms with Gasteiger partial charge in [0.2, 0.25) is 5.91 Å². The summed E-state index contributed by atoms with van der Waals surface area (Å²) in [6.45, 7) is 6.76. The van der Waals surface area contributed by atoms with Crippen molar-refractivity contribution in [3.8, 4) is 0 Å². The number of nitrogens with zero attached hydrogens (tertiary/aromatic N) is 1. The molecule has 16 heavy (non-hydrogen) atoms. The monoisotopic (exact) mass is 227 g/mol. The predicted octanol–water partition coefficient (Wildman–Crippen LogP) is 1.75. The number of carboxylic acid groups (broad SMARTS) is 1. The van der Waals surface area contributed by atoms with Crippen LogP contribution in [-0.4, -0.2) is 35.0 Å². The van der Waals surface area contributed by atoms with Crippen LogP contribution in [0.15, 0.2) is 0 Å². The largest absolute Gasteiger partial charge is 0.481 e. The molecule has 0 aliphatic carbocycles. The smallest absolute Gasteiger partial charge is 0.311 e. The minimum Gasteiger partial charge on any atom is -0.481 e. The molecule has 1 fully saturated rings. The molecule has 1 amide bonds. The van der Waals surface area contributed by atoms with Gasteiger partial charge in [-0.05, 0) is 19.3 Å². The third-order valence-electron chi connectivity index (χ3n) is 3.56. The summed E-state index contributed by atoms with van der Waals surface area (Å²) in [4.78, 5) is 24.6. The van der Waals surface area contributed by atoms with Gasteiger partial charge in [-0.3, -0.25) is 9.59 Å². The zero-order valence-corrected chi connectivity index (χ0v) is 10.3. The van der Waals surface area contributed by atoms with E-state index < -0.39 is 11.4 Å². The Morgan fingerprint density at radius 3 is 2.56 bits per heavy atom. The van der Waals surface area contributed by atoms with Crippen LogP contribution in [-0.2, 0) is 9.59 Å². The van der Waals surface area contributed by atoms with Crippen molar-refractivity contribution in [2.45, 2.75) is 40.0 Å². The molecule has 0 spiro atoms. The normalized spacial score (nSPS) is 26.8. The second-order valence-electron chi connectivity index (χ2n) is 5.15. The van der Waals surface area contributed by atoms with Gasteiger partial charge in [0.05, 0.1) is 5.41 Å². The van der Waals surface area contributed by atoms with Gasteiger partial charge in [-0.1, -0.05) is 20.3 Å². The number of carbonyl (C=O) groups excluding carboxylic acids is 1. The van der Waals surface area contributed by atoms with E-state index in [1.165, 1.54) is 0 Å². The fourth-order valence-electron chi connectivity index (χ4n) is 1.92. The molecular formula is C12H21NO3. The number of rotatable bonds is 4. The van der Waals surface area contributed by atoms with E-state index in [9.17, 15) is 9.59 Å². The quantitative estimate of drug-likeness (QED) is 0.796. The fraction of sp³-hybridized carbons (Fsp3) is 0.833. The minimum atomic E-state index is -0.800. The van der Waals surface area contributed by atoms with Crippen LogP contribution in [0.5, 0.6) is 0 Å². The van der Waals surface area contributed by atoms with Gasteiger partial charge in [0.1, 0.15) is 0 Å². The van der Waals surface area contributed by atoms with E-state index >= 15 is 0 Å². The number of carboxylic acids is 1. The molecule has 1 heterocycles. The van der Waals surface area contributed by atoms with Gasteiger partial charge in [0.25, 0.3) is 0 Å². The second-order valence-corrected chi connectivity index (χ2v) is 5.15. The molecule has 1 N–H and O–H groups in total. The molecule has 1 saturated heterocycles. The first-order valence-electron chi connectivity index (χ1n) is 5.90. The maximum atomic E-state index is 11.9. The first-order valence-corrected chi connectivity index (χ1v) is 5.90. The van der Waals surface area contributed by atoms with Crippen LogP contribution < -0.4 is 0 Å². The molecule has 1 aliphatic rings. The van der Waals surface area contributed by atoms with E-state index in [2.05, 4.69) is 6.92 Å². The molecule has 0 aromatic heterocycles. The van der Waals surface area contributed by atoms with Gasteiger partial charge < -0.3 is 10.0 Å². The molecule has 0 bridgehead atoms. The number of hydrogen-bond donors (Lipinski definition) is 1. The highest BCUT2D eigenvalue weighted by Crippen LogP contribution is 2.30. The van der Waals surface area contributed by atoms with Crippen molar-refractivity contribution >= 4 is 11.9 Å². The van der Waals surface area contributed by atoms with Crippen LogP contribution >= 0.6 is 0 Å². The highest BCUT2D eigenvalue weighted by molar-refractivity contribution is 5.80. The van der Waals surface area contributed by atoms with Crippen LogP contribution in [0.1, 0.15) is 40.0 Å². The molecule has 4 heteroatoms. The van der Waals surface area contributed by atoms with Crippen molar-refractivity contribution in [1.82, 2.24) is 4.90 Å². The first-order chi connectivity index (χ1) is 7.39. The van der Waals surface area contributed by atoms with Gasteiger partial charge in [0, 0.05) is 19.5 Å². The summed E-state index contributed by atoms with van der Waals surface area (Å²) < 4.78 is 0. The van der Waals surface area contributed by atoms with Crippen LogP contribution in [0.25, 0.3) is 0 Å². The van der Waals surface area contributed by atoms with E-state index in [0.717, 1.165) is 6.42 Å². The van der Waals surface area contributed by atoms with Crippen LogP contribution in [0.4, 0.5) is 0 Å². The molecular weight excluding hydrogens is 206 g/mol. The van der Waals surface area contributed by atoms with Crippen LogP contribution in [0, 0.1) is 11.3 Å². The zero-order chi connectivity index (χ0) is 12.3. The van der Waals surface area contributed by atoms with E-state index in [1.807, 2.05) is 6.92 Å². The lowest BCUT2D eigenvalue weighted by Gasteiger charge is -2.21. The number of aliphatic carboxylic acids is 1.